The summed E-state index contributed by atoms with van der Waals surface area (Å²) >= 11 is 0. The van der Waals surface area contributed by atoms with Crippen molar-refractivity contribution in [1.82, 2.24) is 4.90 Å². The van der Waals surface area contributed by atoms with E-state index in [9.17, 15) is 18.7 Å². The van der Waals surface area contributed by atoms with Gasteiger partial charge in [0.15, 0.2) is 11.6 Å². The summed E-state index contributed by atoms with van der Waals surface area (Å²) in [6, 6.07) is 2.38. The van der Waals surface area contributed by atoms with Gasteiger partial charge >= 0.3 is 5.97 Å². The van der Waals surface area contributed by atoms with Crippen LogP contribution in [0, 0.1) is 11.6 Å². The van der Waals surface area contributed by atoms with Crippen molar-refractivity contribution in [1.29, 1.82) is 0 Å². The Balaban J connectivity index is 2.31. The second-order valence-corrected chi connectivity index (χ2v) is 4.16. The standard InChI is InChI=1S/C12H13F2NO2/c13-9-4-3-8(7-10(9)14)11(12(16)17)15-5-1-2-6-15/h3-4,7,11H,1-2,5-6H2,(H,16,17). The largest absolute Gasteiger partial charge is 0.480 e. The number of hydrogen-bond acceptors (Lipinski definition) is 2. The van der Waals surface area contributed by atoms with Gasteiger partial charge in [0, 0.05) is 0 Å². The first-order chi connectivity index (χ1) is 8.09. The fraction of sp³-hybridized carbons (Fsp3) is 0.417. The van der Waals surface area contributed by atoms with Crippen LogP contribution in [0.3, 0.4) is 0 Å². The molecule has 1 aromatic rings. The number of carbonyl (C=O) groups is 1. The Kier molecular flexibility index (Phi) is 3.38. The van der Waals surface area contributed by atoms with Crippen molar-refractivity contribution < 1.29 is 18.7 Å². The van der Waals surface area contributed by atoms with Gasteiger partial charge < -0.3 is 5.11 Å². The summed E-state index contributed by atoms with van der Waals surface area (Å²) in [6.45, 7) is 1.35. The molecule has 1 aromatic carbocycles. The third kappa shape index (κ3) is 2.44. The Labute approximate surface area is 97.7 Å². The molecule has 0 spiro atoms. The Hall–Kier alpha value is -1.49. The summed E-state index contributed by atoms with van der Waals surface area (Å²) in [6.07, 6.45) is 1.88. The van der Waals surface area contributed by atoms with Gasteiger partial charge in [-0.15, -0.1) is 0 Å². The maximum absolute atomic E-state index is 13.1. The van der Waals surface area contributed by atoms with Crippen LogP contribution in [0.5, 0.6) is 0 Å². The van der Waals surface area contributed by atoms with Gasteiger partial charge in [0.05, 0.1) is 0 Å². The highest BCUT2D eigenvalue weighted by Gasteiger charge is 2.29. The zero-order chi connectivity index (χ0) is 12.4. The average Bonchev–Trinajstić information content (AvgIpc) is 2.76. The smallest absolute Gasteiger partial charge is 0.325 e. The van der Waals surface area contributed by atoms with Crippen molar-refractivity contribution in [2.75, 3.05) is 13.1 Å². The molecule has 0 radical (unpaired) electrons. The highest BCUT2D eigenvalue weighted by Crippen LogP contribution is 2.26. The van der Waals surface area contributed by atoms with Crippen molar-refractivity contribution in [3.63, 3.8) is 0 Å². The summed E-state index contributed by atoms with van der Waals surface area (Å²) in [7, 11) is 0. The van der Waals surface area contributed by atoms with Crippen LogP contribution in [-0.4, -0.2) is 29.1 Å². The lowest BCUT2D eigenvalue weighted by Gasteiger charge is -2.23. The molecule has 92 valence electrons. The molecule has 0 amide bonds. The topological polar surface area (TPSA) is 40.5 Å². The van der Waals surface area contributed by atoms with Crippen molar-refractivity contribution in [2.45, 2.75) is 18.9 Å². The number of benzene rings is 1. The summed E-state index contributed by atoms with van der Waals surface area (Å²) < 4.78 is 25.9. The third-order valence-electron chi connectivity index (χ3n) is 3.00. The molecular weight excluding hydrogens is 228 g/mol. The fourth-order valence-corrected chi connectivity index (χ4v) is 2.19. The first-order valence-electron chi connectivity index (χ1n) is 5.51. The van der Waals surface area contributed by atoms with E-state index < -0.39 is 23.6 Å². The molecule has 0 bridgehead atoms. The number of aliphatic carboxylic acids is 1. The molecule has 1 saturated heterocycles. The molecule has 5 heteroatoms. The van der Waals surface area contributed by atoms with Gasteiger partial charge in [-0.25, -0.2) is 8.78 Å². The molecule has 1 heterocycles. The lowest BCUT2D eigenvalue weighted by atomic mass is 10.1. The number of hydrogen-bond donors (Lipinski definition) is 1. The van der Waals surface area contributed by atoms with E-state index in [-0.39, 0.29) is 0 Å². The van der Waals surface area contributed by atoms with Crippen LogP contribution < -0.4 is 0 Å². The molecule has 0 saturated carbocycles. The molecule has 1 unspecified atom stereocenters. The SMILES string of the molecule is O=C(O)C(c1ccc(F)c(F)c1)N1CCCC1. The monoisotopic (exact) mass is 241 g/mol. The maximum Gasteiger partial charge on any atom is 0.325 e. The molecule has 17 heavy (non-hydrogen) atoms. The maximum atomic E-state index is 13.1. The summed E-state index contributed by atoms with van der Waals surface area (Å²) in [5.41, 5.74) is 0.290. The summed E-state index contributed by atoms with van der Waals surface area (Å²) in [4.78, 5) is 13.0. The van der Waals surface area contributed by atoms with Gasteiger partial charge in [-0.2, -0.15) is 0 Å². The number of carboxylic acids is 1. The Bertz CT molecular complexity index is 431. The van der Waals surface area contributed by atoms with Crippen molar-refractivity contribution in [2.24, 2.45) is 0 Å². The van der Waals surface area contributed by atoms with E-state index in [0.717, 1.165) is 25.0 Å². The minimum atomic E-state index is -1.03. The van der Waals surface area contributed by atoms with Gasteiger partial charge in [0.25, 0.3) is 0 Å². The van der Waals surface area contributed by atoms with E-state index in [1.54, 1.807) is 4.90 Å². The molecule has 1 N–H and O–H groups in total. The zero-order valence-corrected chi connectivity index (χ0v) is 9.20. The van der Waals surface area contributed by atoms with Gasteiger partial charge in [0.2, 0.25) is 0 Å². The minimum absolute atomic E-state index is 0.290. The minimum Gasteiger partial charge on any atom is -0.480 e. The number of nitrogens with zero attached hydrogens (tertiary/aromatic N) is 1. The molecule has 1 atom stereocenters. The first kappa shape index (κ1) is 12.0. The van der Waals surface area contributed by atoms with Crippen LogP contribution in [0.15, 0.2) is 18.2 Å². The van der Waals surface area contributed by atoms with E-state index in [2.05, 4.69) is 0 Å². The number of likely N-dealkylation sites (tertiary alicyclic amines) is 1. The molecular formula is C12H13F2NO2. The Morgan fingerprint density at radius 2 is 1.88 bits per heavy atom. The molecule has 2 rings (SSSR count). The average molecular weight is 241 g/mol. The first-order valence-corrected chi connectivity index (χ1v) is 5.51. The number of carboxylic acid groups (broad SMARTS) is 1. The Morgan fingerprint density at radius 3 is 2.41 bits per heavy atom. The van der Waals surface area contributed by atoms with E-state index in [0.29, 0.717) is 18.7 Å². The second kappa shape index (κ2) is 4.79. The van der Waals surface area contributed by atoms with Crippen LogP contribution in [0.2, 0.25) is 0 Å². The normalized spacial score (nSPS) is 18.2. The molecule has 3 nitrogen and oxygen atoms in total. The molecule has 1 aliphatic heterocycles. The highest BCUT2D eigenvalue weighted by molar-refractivity contribution is 5.75. The van der Waals surface area contributed by atoms with Crippen LogP contribution in [0.25, 0.3) is 0 Å². The molecule has 0 aromatic heterocycles. The van der Waals surface area contributed by atoms with Crippen LogP contribution in [0.1, 0.15) is 24.4 Å². The summed E-state index contributed by atoms with van der Waals surface area (Å²) in [5.74, 6) is -3.00. The quantitative estimate of drug-likeness (QED) is 0.881. The predicted octanol–water partition coefficient (Wildman–Crippen LogP) is 2.19. The molecule has 0 aliphatic carbocycles. The fourth-order valence-electron chi connectivity index (χ4n) is 2.19. The van der Waals surface area contributed by atoms with Crippen LogP contribution in [-0.2, 0) is 4.79 Å². The molecule has 1 fully saturated rings. The van der Waals surface area contributed by atoms with Gasteiger partial charge in [0.1, 0.15) is 6.04 Å². The highest BCUT2D eigenvalue weighted by atomic mass is 19.2. The zero-order valence-electron chi connectivity index (χ0n) is 9.20. The van der Waals surface area contributed by atoms with Crippen LogP contribution in [0.4, 0.5) is 8.78 Å². The lowest BCUT2D eigenvalue weighted by molar-refractivity contribution is -0.143. The number of halogens is 2. The summed E-state index contributed by atoms with van der Waals surface area (Å²) in [5, 5.41) is 9.19. The third-order valence-corrected chi connectivity index (χ3v) is 3.00. The van der Waals surface area contributed by atoms with E-state index in [1.807, 2.05) is 0 Å². The predicted molar refractivity (Wildman–Crippen MR) is 57.5 cm³/mol. The van der Waals surface area contributed by atoms with Crippen molar-refractivity contribution in [3.8, 4) is 0 Å². The lowest BCUT2D eigenvalue weighted by Crippen LogP contribution is -2.31. The van der Waals surface area contributed by atoms with E-state index in [1.165, 1.54) is 6.07 Å². The second-order valence-electron chi connectivity index (χ2n) is 4.16. The van der Waals surface area contributed by atoms with Gasteiger partial charge in [-0.05, 0) is 43.6 Å². The number of rotatable bonds is 3. The molecule has 1 aliphatic rings. The van der Waals surface area contributed by atoms with Crippen molar-refractivity contribution >= 4 is 5.97 Å². The van der Waals surface area contributed by atoms with E-state index >= 15 is 0 Å². The van der Waals surface area contributed by atoms with Gasteiger partial charge in [-0.1, -0.05) is 6.07 Å². The van der Waals surface area contributed by atoms with Crippen LogP contribution >= 0.6 is 0 Å². The Morgan fingerprint density at radius 1 is 1.24 bits per heavy atom. The van der Waals surface area contributed by atoms with E-state index in [4.69, 9.17) is 0 Å². The van der Waals surface area contributed by atoms with Gasteiger partial charge in [-0.3, -0.25) is 9.69 Å². The van der Waals surface area contributed by atoms with Crippen molar-refractivity contribution in [3.05, 3.63) is 35.4 Å².